The summed E-state index contributed by atoms with van der Waals surface area (Å²) in [5, 5.41) is 3.81. The number of ether oxygens (including phenoxy) is 1. The summed E-state index contributed by atoms with van der Waals surface area (Å²) in [7, 11) is 0. The molecule has 1 aliphatic rings. The topological polar surface area (TPSA) is 38.3 Å². The van der Waals surface area contributed by atoms with Crippen LogP contribution < -0.4 is 10.1 Å². The van der Waals surface area contributed by atoms with Crippen LogP contribution in [0.4, 0.5) is 0 Å². The highest BCUT2D eigenvalue weighted by atomic mass is 32.2. The van der Waals surface area contributed by atoms with Crippen LogP contribution in [0, 0.1) is 6.92 Å². The second-order valence-corrected chi connectivity index (χ2v) is 8.79. The zero-order valence-corrected chi connectivity index (χ0v) is 17.0. The quantitative estimate of drug-likeness (QED) is 0.656. The zero-order valence-electron chi connectivity index (χ0n) is 16.1. The first-order valence-corrected chi connectivity index (χ1v) is 10.7. The molecule has 1 atom stereocenters. The van der Waals surface area contributed by atoms with Gasteiger partial charge in [-0.1, -0.05) is 45.2 Å². The monoisotopic (exact) mass is 363 g/mol. The van der Waals surface area contributed by atoms with E-state index in [1.807, 2.05) is 31.7 Å². The molecule has 0 radical (unpaired) electrons. The van der Waals surface area contributed by atoms with Crippen molar-refractivity contribution in [1.82, 2.24) is 5.32 Å². The van der Waals surface area contributed by atoms with Crippen LogP contribution in [0.1, 0.15) is 69.9 Å². The van der Waals surface area contributed by atoms with Crippen molar-refractivity contribution in [1.29, 1.82) is 0 Å². The molecule has 1 aliphatic carbocycles. The maximum absolute atomic E-state index is 12.3. The third kappa shape index (κ3) is 6.58. The molecule has 0 unspecified atom stereocenters. The summed E-state index contributed by atoms with van der Waals surface area (Å²) in [5.41, 5.74) is 2.30. The van der Waals surface area contributed by atoms with Gasteiger partial charge in [0.15, 0.2) is 6.10 Å². The highest BCUT2D eigenvalue weighted by Crippen LogP contribution is 2.29. The van der Waals surface area contributed by atoms with Crippen molar-refractivity contribution in [2.45, 2.75) is 77.1 Å². The van der Waals surface area contributed by atoms with Gasteiger partial charge in [-0.05, 0) is 49.8 Å². The number of hydrogen-bond acceptors (Lipinski definition) is 3. The molecule has 1 fully saturated rings. The first-order chi connectivity index (χ1) is 12.0. The Bertz CT molecular complexity index is 553. The molecule has 0 aliphatic heterocycles. The minimum Gasteiger partial charge on any atom is -0.481 e. The SMILES string of the molecule is Cc1ccc(C(C)C)c(O[C@@H](C)C(=O)NCCSC2CCCCC2)c1. The summed E-state index contributed by atoms with van der Waals surface area (Å²) in [4.78, 5) is 12.3. The first-order valence-electron chi connectivity index (χ1n) is 9.64. The summed E-state index contributed by atoms with van der Waals surface area (Å²) in [5.74, 6) is 2.16. The average Bonchev–Trinajstić information content (AvgIpc) is 2.59. The molecule has 0 spiro atoms. The summed E-state index contributed by atoms with van der Waals surface area (Å²) in [6.45, 7) is 8.88. The Morgan fingerprint density at radius 1 is 1.24 bits per heavy atom. The van der Waals surface area contributed by atoms with E-state index in [-0.39, 0.29) is 5.91 Å². The van der Waals surface area contributed by atoms with Crippen LogP contribution in [0.2, 0.25) is 0 Å². The lowest BCUT2D eigenvalue weighted by atomic mass is 10.0. The molecule has 140 valence electrons. The molecule has 0 saturated heterocycles. The van der Waals surface area contributed by atoms with Crippen molar-refractivity contribution in [2.24, 2.45) is 0 Å². The van der Waals surface area contributed by atoms with Crippen molar-refractivity contribution in [3.05, 3.63) is 29.3 Å². The van der Waals surface area contributed by atoms with Crippen molar-refractivity contribution >= 4 is 17.7 Å². The number of amides is 1. The Labute approximate surface area is 157 Å². The van der Waals surface area contributed by atoms with Gasteiger partial charge < -0.3 is 10.1 Å². The summed E-state index contributed by atoms with van der Waals surface area (Å²) >= 11 is 2.01. The molecular formula is C21H33NO2S. The Hall–Kier alpha value is -1.16. The minimum absolute atomic E-state index is 0.0274. The van der Waals surface area contributed by atoms with Gasteiger partial charge >= 0.3 is 0 Å². The summed E-state index contributed by atoms with van der Waals surface area (Å²) in [6, 6.07) is 6.22. The van der Waals surface area contributed by atoms with Crippen molar-refractivity contribution in [3.63, 3.8) is 0 Å². The third-order valence-corrected chi connectivity index (χ3v) is 6.15. The number of aryl methyl sites for hydroxylation is 1. The van der Waals surface area contributed by atoms with Crippen LogP contribution >= 0.6 is 11.8 Å². The van der Waals surface area contributed by atoms with Gasteiger partial charge in [0.2, 0.25) is 0 Å². The van der Waals surface area contributed by atoms with Gasteiger partial charge in [0.05, 0.1) is 0 Å². The Morgan fingerprint density at radius 3 is 2.64 bits per heavy atom. The van der Waals surface area contributed by atoms with Crippen molar-refractivity contribution in [2.75, 3.05) is 12.3 Å². The number of carbonyl (C=O) groups is 1. The molecule has 1 aromatic rings. The van der Waals surface area contributed by atoms with Gasteiger partial charge in [-0.25, -0.2) is 0 Å². The fraction of sp³-hybridized carbons (Fsp3) is 0.667. The van der Waals surface area contributed by atoms with E-state index in [2.05, 4.69) is 31.3 Å². The number of nitrogens with one attached hydrogen (secondary N) is 1. The van der Waals surface area contributed by atoms with E-state index in [1.165, 1.54) is 32.1 Å². The van der Waals surface area contributed by atoms with Gasteiger partial charge in [-0.15, -0.1) is 0 Å². The van der Waals surface area contributed by atoms with Crippen LogP contribution in [0.3, 0.4) is 0 Å². The van der Waals surface area contributed by atoms with Crippen molar-refractivity contribution < 1.29 is 9.53 Å². The Morgan fingerprint density at radius 2 is 1.96 bits per heavy atom. The van der Waals surface area contributed by atoms with Crippen LogP contribution in [0.15, 0.2) is 18.2 Å². The number of carbonyl (C=O) groups excluding carboxylic acids is 1. The number of rotatable bonds is 8. The third-order valence-electron chi connectivity index (χ3n) is 4.77. The minimum atomic E-state index is -0.473. The predicted octanol–water partition coefficient (Wildman–Crippen LogP) is 5.07. The number of thioether (sulfide) groups is 1. The van der Waals surface area contributed by atoms with Gasteiger partial charge in [0, 0.05) is 17.5 Å². The van der Waals surface area contributed by atoms with E-state index in [4.69, 9.17) is 4.74 Å². The summed E-state index contributed by atoms with van der Waals surface area (Å²) < 4.78 is 5.98. The molecule has 25 heavy (non-hydrogen) atoms. The lowest BCUT2D eigenvalue weighted by Crippen LogP contribution is -2.37. The molecular weight excluding hydrogens is 330 g/mol. The number of hydrogen-bond donors (Lipinski definition) is 1. The molecule has 4 heteroatoms. The van der Waals surface area contributed by atoms with E-state index >= 15 is 0 Å². The highest BCUT2D eigenvalue weighted by Gasteiger charge is 2.18. The van der Waals surface area contributed by atoms with Crippen LogP contribution in [-0.4, -0.2) is 29.6 Å². The second kappa shape index (κ2) is 10.1. The second-order valence-electron chi connectivity index (χ2n) is 7.38. The largest absolute Gasteiger partial charge is 0.481 e. The molecule has 1 amide bonds. The van der Waals surface area contributed by atoms with E-state index in [1.54, 1.807) is 0 Å². The molecule has 0 bridgehead atoms. The van der Waals surface area contributed by atoms with E-state index in [0.717, 1.165) is 34.4 Å². The molecule has 1 N–H and O–H groups in total. The molecule has 1 aromatic carbocycles. The van der Waals surface area contributed by atoms with E-state index < -0.39 is 6.10 Å². The molecule has 0 aromatic heterocycles. The van der Waals surface area contributed by atoms with Crippen LogP contribution in [-0.2, 0) is 4.79 Å². The van der Waals surface area contributed by atoms with E-state index in [9.17, 15) is 4.79 Å². The standard InChI is InChI=1S/C21H33NO2S/c1-15(2)19-11-10-16(3)14-20(19)24-17(4)21(23)22-12-13-25-18-8-6-5-7-9-18/h10-11,14-15,17-18H,5-9,12-13H2,1-4H3,(H,22,23)/t17-/m0/s1. The smallest absolute Gasteiger partial charge is 0.260 e. The average molecular weight is 364 g/mol. The predicted molar refractivity (Wildman–Crippen MR) is 108 cm³/mol. The van der Waals surface area contributed by atoms with Crippen molar-refractivity contribution in [3.8, 4) is 5.75 Å². The van der Waals surface area contributed by atoms with Gasteiger partial charge in [-0.3, -0.25) is 4.79 Å². The molecule has 1 saturated carbocycles. The maximum atomic E-state index is 12.3. The Balaban J connectivity index is 1.77. The number of benzene rings is 1. The Kier molecular flexibility index (Phi) is 8.14. The zero-order chi connectivity index (χ0) is 18.2. The lowest BCUT2D eigenvalue weighted by molar-refractivity contribution is -0.127. The van der Waals surface area contributed by atoms with Crippen LogP contribution in [0.5, 0.6) is 5.75 Å². The maximum Gasteiger partial charge on any atom is 0.260 e. The fourth-order valence-corrected chi connectivity index (χ4v) is 4.46. The van der Waals surface area contributed by atoms with Crippen LogP contribution in [0.25, 0.3) is 0 Å². The first kappa shape index (κ1) is 20.2. The van der Waals surface area contributed by atoms with Gasteiger partial charge in [-0.2, -0.15) is 11.8 Å². The van der Waals surface area contributed by atoms with E-state index in [0.29, 0.717) is 5.92 Å². The van der Waals surface area contributed by atoms with Gasteiger partial charge in [0.1, 0.15) is 5.75 Å². The molecule has 3 nitrogen and oxygen atoms in total. The highest BCUT2D eigenvalue weighted by molar-refractivity contribution is 7.99. The lowest BCUT2D eigenvalue weighted by Gasteiger charge is -2.21. The fourth-order valence-electron chi connectivity index (χ4n) is 3.24. The van der Waals surface area contributed by atoms with Gasteiger partial charge in [0.25, 0.3) is 5.91 Å². The normalized spacial score (nSPS) is 16.7. The molecule has 0 heterocycles. The summed E-state index contributed by atoms with van der Waals surface area (Å²) in [6.07, 6.45) is 6.32. The molecule has 2 rings (SSSR count).